The Balaban J connectivity index is 1.79. The smallest absolute Gasteiger partial charge is 0.273 e. The van der Waals surface area contributed by atoms with E-state index in [4.69, 9.17) is 21.1 Å². The Labute approximate surface area is 130 Å². The third-order valence-corrected chi connectivity index (χ3v) is 3.75. The molecule has 3 aromatic rings. The highest BCUT2D eigenvalue weighted by atomic mass is 35.5. The number of benzene rings is 1. The maximum absolute atomic E-state index is 12.2. The molecule has 0 saturated carbocycles. The molecule has 1 N–H and O–H groups in total. The quantitative estimate of drug-likeness (QED) is 0.789. The minimum atomic E-state index is -0.477. The van der Waals surface area contributed by atoms with Crippen molar-refractivity contribution in [2.45, 2.75) is 19.5 Å². The van der Waals surface area contributed by atoms with Crippen molar-refractivity contribution >= 4 is 17.2 Å². The number of fused-ring (bicyclic) bond motifs is 1. The number of H-pyrrole nitrogens is 1. The Morgan fingerprint density at radius 1 is 1.23 bits per heavy atom. The minimum absolute atomic E-state index is 0.200. The highest BCUT2D eigenvalue weighted by Gasteiger charge is 2.30. The molecule has 0 aliphatic carbocycles. The molecule has 1 aliphatic heterocycles. The van der Waals surface area contributed by atoms with Crippen LogP contribution in [0.25, 0.3) is 16.9 Å². The molecule has 0 atom stereocenters. The van der Waals surface area contributed by atoms with Gasteiger partial charge in [-0.25, -0.2) is 9.50 Å². The fourth-order valence-corrected chi connectivity index (χ4v) is 2.53. The van der Waals surface area contributed by atoms with Crippen LogP contribution < -0.4 is 5.56 Å². The van der Waals surface area contributed by atoms with E-state index < -0.39 is 6.29 Å². The fraction of sp³-hybridized carbons (Fsp3) is 0.200. The number of aromatic nitrogens is 3. The molecule has 6 nitrogen and oxygen atoms in total. The van der Waals surface area contributed by atoms with E-state index in [1.54, 1.807) is 18.2 Å². The molecule has 7 heteroatoms. The van der Waals surface area contributed by atoms with Crippen LogP contribution in [0.15, 0.2) is 41.2 Å². The predicted octanol–water partition coefficient (Wildman–Crippen LogP) is 2.73. The maximum Gasteiger partial charge on any atom is 0.273 e. The minimum Gasteiger partial charge on any atom is -0.318 e. The SMILES string of the molecule is CC1OC(c2cc3nc(-c4ccc(Cl)cc4)cc(=O)n3[nH]2)O1. The largest absolute Gasteiger partial charge is 0.318 e. The fourth-order valence-electron chi connectivity index (χ4n) is 2.40. The van der Waals surface area contributed by atoms with Gasteiger partial charge in [0, 0.05) is 22.7 Å². The summed E-state index contributed by atoms with van der Waals surface area (Å²) in [6.45, 7) is 1.81. The zero-order valence-corrected chi connectivity index (χ0v) is 12.4. The van der Waals surface area contributed by atoms with Crippen molar-refractivity contribution in [3.05, 3.63) is 57.5 Å². The molecule has 22 heavy (non-hydrogen) atoms. The number of halogens is 1. The monoisotopic (exact) mass is 317 g/mol. The molecule has 1 saturated heterocycles. The average molecular weight is 318 g/mol. The summed E-state index contributed by atoms with van der Waals surface area (Å²) in [7, 11) is 0. The molecule has 4 rings (SSSR count). The molecule has 0 amide bonds. The van der Waals surface area contributed by atoms with Gasteiger partial charge in [-0.1, -0.05) is 23.7 Å². The van der Waals surface area contributed by atoms with Crippen molar-refractivity contribution < 1.29 is 9.47 Å². The van der Waals surface area contributed by atoms with Crippen LogP contribution in [-0.4, -0.2) is 20.9 Å². The molecular formula is C15H12ClN3O3. The molecule has 0 unspecified atom stereocenters. The number of hydrogen-bond donors (Lipinski definition) is 1. The van der Waals surface area contributed by atoms with Gasteiger partial charge in [-0.3, -0.25) is 9.89 Å². The van der Waals surface area contributed by atoms with Gasteiger partial charge in [0.15, 0.2) is 11.9 Å². The van der Waals surface area contributed by atoms with E-state index in [0.29, 0.717) is 22.1 Å². The summed E-state index contributed by atoms with van der Waals surface area (Å²) < 4.78 is 12.2. The van der Waals surface area contributed by atoms with Crippen LogP contribution in [-0.2, 0) is 9.47 Å². The Bertz CT molecular complexity index is 895. The van der Waals surface area contributed by atoms with E-state index in [0.717, 1.165) is 5.56 Å². The van der Waals surface area contributed by atoms with Crippen LogP contribution in [0.2, 0.25) is 5.02 Å². The molecule has 3 heterocycles. The predicted molar refractivity (Wildman–Crippen MR) is 80.6 cm³/mol. The topological polar surface area (TPSA) is 68.6 Å². The Kier molecular flexibility index (Phi) is 3.04. The van der Waals surface area contributed by atoms with Crippen molar-refractivity contribution in [2.75, 3.05) is 0 Å². The molecule has 1 aromatic carbocycles. The molecule has 0 bridgehead atoms. The van der Waals surface area contributed by atoms with Crippen molar-refractivity contribution in [1.82, 2.24) is 14.6 Å². The van der Waals surface area contributed by atoms with E-state index in [9.17, 15) is 4.79 Å². The second-order valence-corrected chi connectivity index (χ2v) is 5.50. The van der Waals surface area contributed by atoms with Crippen molar-refractivity contribution in [2.24, 2.45) is 0 Å². The van der Waals surface area contributed by atoms with Crippen molar-refractivity contribution in [3.63, 3.8) is 0 Å². The highest BCUT2D eigenvalue weighted by molar-refractivity contribution is 6.30. The molecule has 0 radical (unpaired) electrons. The third-order valence-electron chi connectivity index (χ3n) is 3.49. The van der Waals surface area contributed by atoms with E-state index >= 15 is 0 Å². The van der Waals surface area contributed by atoms with Crippen LogP contribution >= 0.6 is 11.6 Å². The Morgan fingerprint density at radius 2 is 1.95 bits per heavy atom. The van der Waals surface area contributed by atoms with Gasteiger partial charge in [0.05, 0.1) is 11.4 Å². The van der Waals surface area contributed by atoms with Crippen LogP contribution in [0.3, 0.4) is 0 Å². The number of rotatable bonds is 2. The van der Waals surface area contributed by atoms with Gasteiger partial charge in [-0.15, -0.1) is 0 Å². The Morgan fingerprint density at radius 3 is 2.64 bits per heavy atom. The number of hydrogen-bond acceptors (Lipinski definition) is 4. The summed E-state index contributed by atoms with van der Waals surface area (Å²) in [5.41, 5.74) is 2.40. The van der Waals surface area contributed by atoms with E-state index in [2.05, 4.69) is 10.1 Å². The lowest BCUT2D eigenvalue weighted by molar-refractivity contribution is -0.384. The second-order valence-electron chi connectivity index (χ2n) is 5.06. The number of ether oxygens (including phenoxy) is 2. The molecule has 112 valence electrons. The van der Waals surface area contributed by atoms with E-state index in [1.807, 2.05) is 19.1 Å². The standard InChI is InChI=1S/C15H12ClN3O3/c1-8-21-15(22-8)12-6-13-17-11(7-14(20)19(13)18-12)9-2-4-10(16)5-3-9/h2-8,15,18H,1H3. The normalized spacial score (nSPS) is 21.0. The summed E-state index contributed by atoms with van der Waals surface area (Å²) >= 11 is 5.88. The Hall–Kier alpha value is -2.15. The first-order valence-corrected chi connectivity index (χ1v) is 7.17. The first-order chi connectivity index (χ1) is 10.6. The average Bonchev–Trinajstić information content (AvgIpc) is 2.89. The zero-order chi connectivity index (χ0) is 15.3. The highest BCUT2D eigenvalue weighted by Crippen LogP contribution is 2.30. The van der Waals surface area contributed by atoms with Gasteiger partial charge in [-0.05, 0) is 19.1 Å². The number of nitrogens with one attached hydrogen (secondary N) is 1. The molecule has 1 aliphatic rings. The summed E-state index contributed by atoms with van der Waals surface area (Å²) in [5.74, 6) is 0. The molecular weight excluding hydrogens is 306 g/mol. The first kappa shape index (κ1) is 13.5. The summed E-state index contributed by atoms with van der Waals surface area (Å²) in [6.07, 6.45) is -0.708. The van der Waals surface area contributed by atoms with Gasteiger partial charge >= 0.3 is 0 Å². The summed E-state index contributed by atoms with van der Waals surface area (Å²) in [5, 5.41) is 3.58. The lowest BCUT2D eigenvalue weighted by Gasteiger charge is -2.32. The summed E-state index contributed by atoms with van der Waals surface area (Å²) in [6, 6.07) is 10.4. The van der Waals surface area contributed by atoms with Gasteiger partial charge in [0.1, 0.15) is 0 Å². The number of aromatic amines is 1. The van der Waals surface area contributed by atoms with Gasteiger partial charge in [0.2, 0.25) is 6.29 Å². The van der Waals surface area contributed by atoms with E-state index in [1.165, 1.54) is 10.6 Å². The van der Waals surface area contributed by atoms with Crippen LogP contribution in [0.5, 0.6) is 0 Å². The van der Waals surface area contributed by atoms with Gasteiger partial charge in [0.25, 0.3) is 5.56 Å². The molecule has 0 spiro atoms. The number of nitrogens with zero attached hydrogens (tertiary/aromatic N) is 2. The van der Waals surface area contributed by atoms with Crippen LogP contribution in [0.1, 0.15) is 18.9 Å². The van der Waals surface area contributed by atoms with Crippen molar-refractivity contribution in [3.8, 4) is 11.3 Å². The zero-order valence-electron chi connectivity index (χ0n) is 11.6. The van der Waals surface area contributed by atoms with Gasteiger partial charge in [-0.2, -0.15) is 0 Å². The summed E-state index contributed by atoms with van der Waals surface area (Å²) in [4.78, 5) is 16.7. The second kappa shape index (κ2) is 4.95. The van der Waals surface area contributed by atoms with E-state index in [-0.39, 0.29) is 11.8 Å². The van der Waals surface area contributed by atoms with Crippen LogP contribution in [0, 0.1) is 0 Å². The lowest BCUT2D eigenvalue weighted by Crippen LogP contribution is -2.32. The van der Waals surface area contributed by atoms with Crippen molar-refractivity contribution in [1.29, 1.82) is 0 Å². The first-order valence-electron chi connectivity index (χ1n) is 6.80. The van der Waals surface area contributed by atoms with Gasteiger partial charge < -0.3 is 9.47 Å². The molecule has 2 aromatic heterocycles. The lowest BCUT2D eigenvalue weighted by atomic mass is 10.1. The van der Waals surface area contributed by atoms with Crippen LogP contribution in [0.4, 0.5) is 0 Å². The molecule has 1 fully saturated rings. The third kappa shape index (κ3) is 2.21. The maximum atomic E-state index is 12.2.